The maximum atomic E-state index is 9.96. The molecule has 1 aliphatic rings. The first kappa shape index (κ1) is 9.01. The highest BCUT2D eigenvalue weighted by Crippen LogP contribution is 2.42. The summed E-state index contributed by atoms with van der Waals surface area (Å²) < 4.78 is 0. The zero-order valence-corrected chi connectivity index (χ0v) is 7.72. The smallest absolute Gasteiger partial charge is 0.0671 e. The molecule has 1 rings (SSSR count). The zero-order chi connectivity index (χ0) is 8.70. The second kappa shape index (κ2) is 2.46. The predicted octanol–water partition coefficient (Wildman–Crippen LogP) is 1.27. The van der Waals surface area contributed by atoms with Crippen LogP contribution in [0.2, 0.25) is 0 Å². The second-order valence-corrected chi connectivity index (χ2v) is 4.66. The van der Waals surface area contributed by atoms with Gasteiger partial charge in [0.1, 0.15) is 0 Å². The molecule has 3 N–H and O–H groups in total. The van der Waals surface area contributed by atoms with Crippen LogP contribution in [0.4, 0.5) is 0 Å². The Labute approximate surface area is 68.8 Å². The molecule has 2 nitrogen and oxygen atoms in total. The Morgan fingerprint density at radius 3 is 2.27 bits per heavy atom. The van der Waals surface area contributed by atoms with E-state index < -0.39 is 5.60 Å². The molecule has 0 spiro atoms. The van der Waals surface area contributed by atoms with Crippen molar-refractivity contribution in [2.24, 2.45) is 11.1 Å². The fraction of sp³-hybridized carbons (Fsp3) is 1.00. The van der Waals surface area contributed by atoms with Gasteiger partial charge in [-0.25, -0.2) is 0 Å². The van der Waals surface area contributed by atoms with Gasteiger partial charge in [-0.05, 0) is 31.6 Å². The third-order valence-electron chi connectivity index (χ3n) is 3.23. The molecule has 0 saturated heterocycles. The second-order valence-electron chi connectivity index (χ2n) is 4.66. The lowest BCUT2D eigenvalue weighted by Gasteiger charge is -2.46. The summed E-state index contributed by atoms with van der Waals surface area (Å²) in [7, 11) is 0. The fourth-order valence-electron chi connectivity index (χ4n) is 1.78. The van der Waals surface area contributed by atoms with Gasteiger partial charge in [0.25, 0.3) is 0 Å². The van der Waals surface area contributed by atoms with E-state index >= 15 is 0 Å². The first-order chi connectivity index (χ1) is 4.85. The van der Waals surface area contributed by atoms with Gasteiger partial charge < -0.3 is 10.8 Å². The molecule has 1 fully saturated rings. The van der Waals surface area contributed by atoms with Crippen molar-refractivity contribution in [2.75, 3.05) is 0 Å². The van der Waals surface area contributed by atoms with Crippen LogP contribution in [-0.4, -0.2) is 16.7 Å². The maximum absolute atomic E-state index is 9.96. The fourth-order valence-corrected chi connectivity index (χ4v) is 1.78. The van der Waals surface area contributed by atoms with E-state index in [1.807, 2.05) is 6.92 Å². The van der Waals surface area contributed by atoms with Gasteiger partial charge in [-0.1, -0.05) is 13.8 Å². The van der Waals surface area contributed by atoms with E-state index in [2.05, 4.69) is 13.8 Å². The summed E-state index contributed by atoms with van der Waals surface area (Å²) in [6.07, 6.45) is 2.72. The van der Waals surface area contributed by atoms with Gasteiger partial charge in [-0.3, -0.25) is 0 Å². The lowest BCUT2D eigenvalue weighted by molar-refractivity contribution is -0.0858. The summed E-state index contributed by atoms with van der Waals surface area (Å²) in [5.41, 5.74) is 5.27. The van der Waals surface area contributed by atoms with Crippen molar-refractivity contribution >= 4 is 0 Å². The quantitative estimate of drug-likeness (QED) is 0.556. The third-order valence-corrected chi connectivity index (χ3v) is 3.23. The number of aliphatic hydroxyl groups is 1. The van der Waals surface area contributed by atoms with Gasteiger partial charge in [-0.2, -0.15) is 0 Å². The zero-order valence-electron chi connectivity index (χ0n) is 7.72. The van der Waals surface area contributed by atoms with Crippen LogP contribution in [0, 0.1) is 5.41 Å². The van der Waals surface area contributed by atoms with Crippen LogP contribution in [0.3, 0.4) is 0 Å². The molecule has 2 heteroatoms. The molecule has 0 aliphatic heterocycles. The molecular formula is C9H19NO. The first-order valence-corrected chi connectivity index (χ1v) is 4.33. The SMILES string of the molecule is CC1(C)CC(N)CCC1(C)O. The Hall–Kier alpha value is -0.0800. The van der Waals surface area contributed by atoms with Crippen molar-refractivity contribution in [1.29, 1.82) is 0 Å². The highest BCUT2D eigenvalue weighted by atomic mass is 16.3. The van der Waals surface area contributed by atoms with Crippen LogP contribution >= 0.6 is 0 Å². The van der Waals surface area contributed by atoms with Crippen LogP contribution < -0.4 is 5.73 Å². The molecule has 0 aromatic heterocycles. The standard InChI is InChI=1S/C9H19NO/c1-8(2)6-7(10)4-5-9(8,3)11/h7,11H,4-6,10H2,1-3H3. The summed E-state index contributed by atoms with van der Waals surface area (Å²) in [5.74, 6) is 0. The molecule has 1 aliphatic carbocycles. The number of hydrogen-bond acceptors (Lipinski definition) is 2. The van der Waals surface area contributed by atoms with Crippen molar-refractivity contribution < 1.29 is 5.11 Å². The van der Waals surface area contributed by atoms with Gasteiger partial charge in [0.05, 0.1) is 5.60 Å². The Balaban J connectivity index is 2.72. The Morgan fingerprint density at radius 1 is 1.36 bits per heavy atom. The van der Waals surface area contributed by atoms with Crippen LogP contribution in [0.5, 0.6) is 0 Å². The van der Waals surface area contributed by atoms with E-state index in [1.165, 1.54) is 0 Å². The molecule has 0 heterocycles. The largest absolute Gasteiger partial charge is 0.390 e. The van der Waals surface area contributed by atoms with Gasteiger partial charge >= 0.3 is 0 Å². The molecule has 66 valence electrons. The van der Waals surface area contributed by atoms with Crippen molar-refractivity contribution in [1.82, 2.24) is 0 Å². The van der Waals surface area contributed by atoms with E-state index in [9.17, 15) is 5.11 Å². The Bertz CT molecular complexity index is 152. The Kier molecular flexibility index (Phi) is 2.01. The average molecular weight is 157 g/mol. The van der Waals surface area contributed by atoms with Crippen molar-refractivity contribution in [2.45, 2.75) is 51.7 Å². The summed E-state index contributed by atoms with van der Waals surface area (Å²) in [5, 5.41) is 9.96. The number of nitrogens with two attached hydrogens (primary N) is 1. The summed E-state index contributed by atoms with van der Waals surface area (Å²) in [6, 6.07) is 0.283. The van der Waals surface area contributed by atoms with Crippen LogP contribution in [0.25, 0.3) is 0 Å². The van der Waals surface area contributed by atoms with E-state index in [4.69, 9.17) is 5.73 Å². The molecule has 2 unspecified atom stereocenters. The van der Waals surface area contributed by atoms with Crippen molar-refractivity contribution in [3.05, 3.63) is 0 Å². The summed E-state index contributed by atoms with van der Waals surface area (Å²) in [4.78, 5) is 0. The van der Waals surface area contributed by atoms with E-state index in [0.29, 0.717) is 0 Å². The molecular weight excluding hydrogens is 138 g/mol. The normalized spacial score (nSPS) is 43.9. The number of hydrogen-bond donors (Lipinski definition) is 2. The minimum Gasteiger partial charge on any atom is -0.390 e. The number of rotatable bonds is 0. The lowest BCUT2D eigenvalue weighted by atomic mass is 9.65. The lowest BCUT2D eigenvalue weighted by Crippen LogP contribution is -2.50. The van der Waals surface area contributed by atoms with Crippen LogP contribution in [0.1, 0.15) is 40.0 Å². The highest BCUT2D eigenvalue weighted by Gasteiger charge is 2.43. The molecule has 0 bridgehead atoms. The van der Waals surface area contributed by atoms with Gasteiger partial charge in [0, 0.05) is 6.04 Å². The summed E-state index contributed by atoms with van der Waals surface area (Å²) in [6.45, 7) is 6.09. The molecule has 11 heavy (non-hydrogen) atoms. The monoisotopic (exact) mass is 157 g/mol. The van der Waals surface area contributed by atoms with Crippen molar-refractivity contribution in [3.8, 4) is 0 Å². The van der Waals surface area contributed by atoms with Gasteiger partial charge in [0.15, 0.2) is 0 Å². The highest BCUT2D eigenvalue weighted by molar-refractivity contribution is 4.96. The van der Waals surface area contributed by atoms with Gasteiger partial charge in [-0.15, -0.1) is 0 Å². The Morgan fingerprint density at radius 2 is 1.91 bits per heavy atom. The van der Waals surface area contributed by atoms with E-state index in [-0.39, 0.29) is 11.5 Å². The third kappa shape index (κ3) is 1.57. The minimum absolute atomic E-state index is 0.0231. The molecule has 2 atom stereocenters. The topological polar surface area (TPSA) is 46.2 Å². The van der Waals surface area contributed by atoms with Crippen LogP contribution in [0.15, 0.2) is 0 Å². The van der Waals surface area contributed by atoms with E-state index in [1.54, 1.807) is 0 Å². The molecule has 0 radical (unpaired) electrons. The summed E-state index contributed by atoms with van der Waals surface area (Å²) >= 11 is 0. The molecule has 0 aromatic rings. The first-order valence-electron chi connectivity index (χ1n) is 4.33. The van der Waals surface area contributed by atoms with E-state index in [0.717, 1.165) is 19.3 Å². The maximum Gasteiger partial charge on any atom is 0.0671 e. The molecule has 1 saturated carbocycles. The molecule has 0 amide bonds. The minimum atomic E-state index is -0.525. The average Bonchev–Trinajstić information content (AvgIpc) is 1.80. The predicted molar refractivity (Wildman–Crippen MR) is 46.2 cm³/mol. The van der Waals surface area contributed by atoms with Gasteiger partial charge in [0.2, 0.25) is 0 Å². The van der Waals surface area contributed by atoms with Crippen molar-refractivity contribution in [3.63, 3.8) is 0 Å². The van der Waals surface area contributed by atoms with Crippen LogP contribution in [-0.2, 0) is 0 Å². The molecule has 0 aromatic carbocycles.